The van der Waals surface area contributed by atoms with Crippen LogP contribution in [0.15, 0.2) is 63.7 Å². The summed E-state index contributed by atoms with van der Waals surface area (Å²) in [5.41, 5.74) is 6.05. The maximum Gasteiger partial charge on any atom is 0.227 e. The smallest absolute Gasteiger partial charge is 0.227 e. The Morgan fingerprint density at radius 2 is 1.78 bits per heavy atom. The SMILES string of the molecule is Cc1cc(-c2nc3cc(-n4cccc4)cc(C)c3o2)ccc1Br. The molecule has 4 rings (SSSR count). The molecule has 0 N–H and O–H groups in total. The van der Waals surface area contributed by atoms with Gasteiger partial charge in [0, 0.05) is 28.1 Å². The van der Waals surface area contributed by atoms with Gasteiger partial charge in [-0.25, -0.2) is 4.98 Å². The van der Waals surface area contributed by atoms with E-state index in [4.69, 9.17) is 4.42 Å². The molecule has 0 aliphatic carbocycles. The van der Waals surface area contributed by atoms with Crippen LogP contribution in [-0.4, -0.2) is 9.55 Å². The second-order valence-electron chi connectivity index (χ2n) is 5.68. The molecule has 0 atom stereocenters. The summed E-state index contributed by atoms with van der Waals surface area (Å²) in [6.07, 6.45) is 4.05. The number of rotatable bonds is 2. The summed E-state index contributed by atoms with van der Waals surface area (Å²) in [5.74, 6) is 0.656. The van der Waals surface area contributed by atoms with E-state index < -0.39 is 0 Å². The van der Waals surface area contributed by atoms with Crippen molar-refractivity contribution in [1.82, 2.24) is 9.55 Å². The van der Waals surface area contributed by atoms with E-state index in [2.05, 4.69) is 57.5 Å². The summed E-state index contributed by atoms with van der Waals surface area (Å²) in [6, 6.07) is 14.3. The Morgan fingerprint density at radius 1 is 1.00 bits per heavy atom. The van der Waals surface area contributed by atoms with Gasteiger partial charge in [0.05, 0.1) is 0 Å². The van der Waals surface area contributed by atoms with Crippen molar-refractivity contribution in [3.8, 4) is 17.1 Å². The van der Waals surface area contributed by atoms with Gasteiger partial charge in [-0.2, -0.15) is 0 Å². The van der Waals surface area contributed by atoms with E-state index in [1.54, 1.807) is 0 Å². The van der Waals surface area contributed by atoms with E-state index in [9.17, 15) is 0 Å². The van der Waals surface area contributed by atoms with Crippen LogP contribution < -0.4 is 0 Å². The number of nitrogens with zero attached hydrogens (tertiary/aromatic N) is 2. The number of halogens is 1. The number of hydrogen-bond donors (Lipinski definition) is 0. The molecule has 0 aliphatic heterocycles. The van der Waals surface area contributed by atoms with E-state index in [0.29, 0.717) is 5.89 Å². The first kappa shape index (κ1) is 14.3. The minimum Gasteiger partial charge on any atom is -0.436 e. The summed E-state index contributed by atoms with van der Waals surface area (Å²) < 4.78 is 9.18. The Kier molecular flexibility index (Phi) is 3.34. The van der Waals surface area contributed by atoms with Crippen LogP contribution in [0.3, 0.4) is 0 Å². The van der Waals surface area contributed by atoms with E-state index in [1.165, 1.54) is 0 Å². The van der Waals surface area contributed by atoms with Gasteiger partial charge in [0.1, 0.15) is 5.52 Å². The van der Waals surface area contributed by atoms with Gasteiger partial charge in [0.15, 0.2) is 5.58 Å². The van der Waals surface area contributed by atoms with Crippen molar-refractivity contribution in [2.45, 2.75) is 13.8 Å². The third-order valence-electron chi connectivity index (χ3n) is 3.97. The Bertz CT molecular complexity index is 1000. The average Bonchev–Trinajstić information content (AvgIpc) is 3.18. The van der Waals surface area contributed by atoms with Gasteiger partial charge in [-0.15, -0.1) is 0 Å². The van der Waals surface area contributed by atoms with Gasteiger partial charge in [-0.05, 0) is 67.4 Å². The molecule has 2 aromatic carbocycles. The highest BCUT2D eigenvalue weighted by atomic mass is 79.9. The molecule has 2 heterocycles. The van der Waals surface area contributed by atoms with Gasteiger partial charge in [-0.3, -0.25) is 0 Å². The first-order valence-electron chi connectivity index (χ1n) is 7.43. The molecule has 23 heavy (non-hydrogen) atoms. The predicted molar refractivity (Wildman–Crippen MR) is 95.9 cm³/mol. The molecule has 0 aliphatic rings. The van der Waals surface area contributed by atoms with Gasteiger partial charge < -0.3 is 8.98 Å². The summed E-state index contributed by atoms with van der Waals surface area (Å²) in [6.45, 7) is 4.11. The number of aromatic nitrogens is 2. The summed E-state index contributed by atoms with van der Waals surface area (Å²) in [5, 5.41) is 0. The fourth-order valence-corrected chi connectivity index (χ4v) is 2.98. The third kappa shape index (κ3) is 2.49. The summed E-state index contributed by atoms with van der Waals surface area (Å²) >= 11 is 3.53. The third-order valence-corrected chi connectivity index (χ3v) is 4.86. The number of benzene rings is 2. The molecule has 2 aromatic heterocycles. The number of oxazole rings is 1. The van der Waals surface area contributed by atoms with E-state index >= 15 is 0 Å². The quantitative estimate of drug-likeness (QED) is 0.457. The minimum atomic E-state index is 0.656. The lowest BCUT2D eigenvalue weighted by Crippen LogP contribution is -1.90. The molecular weight excluding hydrogens is 352 g/mol. The molecule has 0 saturated heterocycles. The van der Waals surface area contributed by atoms with Crippen molar-refractivity contribution >= 4 is 27.0 Å². The van der Waals surface area contributed by atoms with E-state index in [-0.39, 0.29) is 0 Å². The first-order chi connectivity index (χ1) is 11.1. The standard InChI is InChI=1S/C19H15BrN2O/c1-12-9-14(5-6-16(12)20)19-21-17-11-15(22-7-3-4-8-22)10-13(2)18(17)23-19/h3-11H,1-2H3. The molecule has 114 valence electrons. The van der Waals surface area contributed by atoms with Crippen LogP contribution in [0, 0.1) is 13.8 Å². The molecule has 4 aromatic rings. The van der Waals surface area contributed by atoms with Crippen LogP contribution >= 0.6 is 15.9 Å². The molecule has 0 saturated carbocycles. The Morgan fingerprint density at radius 3 is 2.52 bits per heavy atom. The summed E-state index contributed by atoms with van der Waals surface area (Å²) in [4.78, 5) is 4.69. The fraction of sp³-hybridized carbons (Fsp3) is 0.105. The van der Waals surface area contributed by atoms with Crippen molar-refractivity contribution in [3.05, 3.63) is 70.5 Å². The van der Waals surface area contributed by atoms with Crippen molar-refractivity contribution in [2.75, 3.05) is 0 Å². The zero-order chi connectivity index (χ0) is 16.0. The fourth-order valence-electron chi connectivity index (χ4n) is 2.74. The zero-order valence-electron chi connectivity index (χ0n) is 12.9. The van der Waals surface area contributed by atoms with E-state index in [0.717, 1.165) is 38.0 Å². The lowest BCUT2D eigenvalue weighted by atomic mass is 10.1. The molecule has 0 fully saturated rings. The average molecular weight is 367 g/mol. The molecular formula is C19H15BrN2O. The number of hydrogen-bond acceptors (Lipinski definition) is 2. The monoisotopic (exact) mass is 366 g/mol. The Balaban J connectivity index is 1.87. The minimum absolute atomic E-state index is 0.656. The topological polar surface area (TPSA) is 31.0 Å². The molecule has 3 nitrogen and oxygen atoms in total. The molecule has 0 radical (unpaired) electrons. The van der Waals surface area contributed by atoms with E-state index in [1.807, 2.05) is 36.7 Å². The first-order valence-corrected chi connectivity index (χ1v) is 8.22. The maximum atomic E-state index is 6.02. The van der Waals surface area contributed by atoms with Crippen molar-refractivity contribution in [1.29, 1.82) is 0 Å². The van der Waals surface area contributed by atoms with Crippen molar-refractivity contribution in [3.63, 3.8) is 0 Å². The largest absolute Gasteiger partial charge is 0.436 e. The molecule has 0 bridgehead atoms. The maximum absolute atomic E-state index is 6.02. The second-order valence-corrected chi connectivity index (χ2v) is 6.54. The van der Waals surface area contributed by atoms with Crippen LogP contribution in [0.5, 0.6) is 0 Å². The molecule has 0 spiro atoms. The van der Waals surface area contributed by atoms with Crippen LogP contribution in [-0.2, 0) is 0 Å². The molecule has 4 heteroatoms. The Hall–Kier alpha value is -2.33. The Labute approximate surface area is 142 Å². The van der Waals surface area contributed by atoms with Gasteiger partial charge >= 0.3 is 0 Å². The highest BCUT2D eigenvalue weighted by molar-refractivity contribution is 9.10. The predicted octanol–water partition coefficient (Wildman–Crippen LogP) is 5.66. The highest BCUT2D eigenvalue weighted by Crippen LogP contribution is 2.30. The summed E-state index contributed by atoms with van der Waals surface area (Å²) in [7, 11) is 0. The van der Waals surface area contributed by atoms with Gasteiger partial charge in [-0.1, -0.05) is 15.9 Å². The van der Waals surface area contributed by atoms with Crippen LogP contribution in [0.2, 0.25) is 0 Å². The molecule has 0 amide bonds. The highest BCUT2D eigenvalue weighted by Gasteiger charge is 2.12. The van der Waals surface area contributed by atoms with Crippen molar-refractivity contribution in [2.24, 2.45) is 0 Å². The zero-order valence-corrected chi connectivity index (χ0v) is 14.5. The lowest BCUT2D eigenvalue weighted by molar-refractivity contribution is 0.617. The number of fused-ring (bicyclic) bond motifs is 1. The second kappa shape index (κ2) is 5.39. The van der Waals surface area contributed by atoms with Crippen molar-refractivity contribution < 1.29 is 4.42 Å². The lowest BCUT2D eigenvalue weighted by Gasteiger charge is -2.03. The number of aryl methyl sites for hydroxylation is 2. The molecule has 0 unspecified atom stereocenters. The van der Waals surface area contributed by atoms with Crippen LogP contribution in [0.4, 0.5) is 0 Å². The van der Waals surface area contributed by atoms with Gasteiger partial charge in [0.25, 0.3) is 0 Å². The van der Waals surface area contributed by atoms with Gasteiger partial charge in [0.2, 0.25) is 5.89 Å². The van der Waals surface area contributed by atoms with Crippen LogP contribution in [0.1, 0.15) is 11.1 Å². The normalized spacial score (nSPS) is 11.3. The van der Waals surface area contributed by atoms with Crippen LogP contribution in [0.25, 0.3) is 28.2 Å².